The molecule has 2 rings (SSSR count). The van der Waals surface area contributed by atoms with E-state index in [2.05, 4.69) is 5.32 Å². The maximum Gasteiger partial charge on any atom is 0.242 e. The SMILES string of the molecule is CC1C(=O)Nc2cccc(CO)c2S1(=O)=O. The zero-order valence-corrected chi connectivity index (χ0v) is 9.41. The van der Waals surface area contributed by atoms with E-state index in [4.69, 9.17) is 5.11 Å². The molecule has 0 aromatic heterocycles. The van der Waals surface area contributed by atoms with Crippen molar-refractivity contribution in [1.29, 1.82) is 0 Å². The molecule has 1 aromatic carbocycles. The van der Waals surface area contributed by atoms with Crippen LogP contribution in [0.2, 0.25) is 0 Å². The molecule has 0 spiro atoms. The number of sulfone groups is 1. The molecule has 0 saturated carbocycles. The van der Waals surface area contributed by atoms with Gasteiger partial charge in [-0.3, -0.25) is 4.79 Å². The van der Waals surface area contributed by atoms with Gasteiger partial charge in [0.15, 0.2) is 9.84 Å². The zero-order chi connectivity index (χ0) is 11.9. The lowest BCUT2D eigenvalue weighted by atomic mass is 10.2. The van der Waals surface area contributed by atoms with Crippen LogP contribution < -0.4 is 5.32 Å². The second kappa shape index (κ2) is 3.57. The van der Waals surface area contributed by atoms with Crippen LogP contribution in [-0.4, -0.2) is 24.7 Å². The van der Waals surface area contributed by atoms with Crippen LogP contribution in [-0.2, 0) is 21.2 Å². The van der Waals surface area contributed by atoms with Gasteiger partial charge in [-0.05, 0) is 18.6 Å². The van der Waals surface area contributed by atoms with E-state index in [1.54, 1.807) is 6.07 Å². The number of hydrogen-bond donors (Lipinski definition) is 2. The molecule has 2 N–H and O–H groups in total. The Morgan fingerprint density at radius 2 is 2.12 bits per heavy atom. The summed E-state index contributed by atoms with van der Waals surface area (Å²) < 4.78 is 24.0. The minimum Gasteiger partial charge on any atom is -0.392 e. The standard InChI is InChI=1S/C10H11NO4S/c1-6-10(13)11-8-4-2-3-7(5-12)9(8)16(6,14)15/h2-4,6,12H,5H2,1H3,(H,11,13). The van der Waals surface area contributed by atoms with Crippen LogP contribution in [0.25, 0.3) is 0 Å². The van der Waals surface area contributed by atoms with Crippen LogP contribution in [0.4, 0.5) is 5.69 Å². The molecule has 0 saturated heterocycles. The van der Waals surface area contributed by atoms with Gasteiger partial charge in [-0.2, -0.15) is 0 Å². The Bertz CT molecular complexity index is 550. The van der Waals surface area contributed by atoms with Crippen molar-refractivity contribution >= 4 is 21.4 Å². The van der Waals surface area contributed by atoms with E-state index in [0.29, 0.717) is 5.56 Å². The first-order valence-electron chi connectivity index (χ1n) is 4.76. The van der Waals surface area contributed by atoms with Crippen molar-refractivity contribution in [3.63, 3.8) is 0 Å². The molecular formula is C10H11NO4S. The fourth-order valence-corrected chi connectivity index (χ4v) is 3.31. The summed E-state index contributed by atoms with van der Waals surface area (Å²) in [4.78, 5) is 11.5. The van der Waals surface area contributed by atoms with Gasteiger partial charge in [-0.15, -0.1) is 0 Å². The number of amides is 1. The summed E-state index contributed by atoms with van der Waals surface area (Å²) in [5, 5.41) is 10.5. The quantitative estimate of drug-likeness (QED) is 0.740. The number of benzene rings is 1. The number of aliphatic hydroxyl groups is 1. The van der Waals surface area contributed by atoms with Crippen LogP contribution in [0, 0.1) is 0 Å². The van der Waals surface area contributed by atoms with Crippen LogP contribution in [0.15, 0.2) is 23.1 Å². The predicted molar refractivity (Wildman–Crippen MR) is 57.6 cm³/mol. The summed E-state index contributed by atoms with van der Waals surface area (Å²) in [6, 6.07) is 4.63. The average molecular weight is 241 g/mol. The summed E-state index contributed by atoms with van der Waals surface area (Å²) in [5.74, 6) is -0.539. The van der Waals surface area contributed by atoms with Crippen LogP contribution >= 0.6 is 0 Å². The van der Waals surface area contributed by atoms with E-state index in [0.717, 1.165) is 0 Å². The highest BCUT2D eigenvalue weighted by Gasteiger charge is 2.38. The fourth-order valence-electron chi connectivity index (χ4n) is 1.70. The molecule has 1 unspecified atom stereocenters. The van der Waals surface area contributed by atoms with Gasteiger partial charge in [0.05, 0.1) is 17.2 Å². The molecular weight excluding hydrogens is 230 g/mol. The fraction of sp³-hybridized carbons (Fsp3) is 0.300. The Balaban J connectivity index is 2.77. The van der Waals surface area contributed by atoms with E-state index >= 15 is 0 Å². The van der Waals surface area contributed by atoms with Gasteiger partial charge in [0.2, 0.25) is 5.91 Å². The summed E-state index contributed by atoms with van der Waals surface area (Å²) in [6.45, 7) is 0.965. The molecule has 16 heavy (non-hydrogen) atoms. The predicted octanol–water partition coefficient (Wildman–Crippen LogP) is 0.293. The molecule has 5 nitrogen and oxygen atoms in total. The lowest BCUT2D eigenvalue weighted by molar-refractivity contribution is -0.115. The minimum absolute atomic E-state index is 0.0320. The first kappa shape index (κ1) is 11.1. The molecule has 1 amide bonds. The third kappa shape index (κ3) is 1.42. The highest BCUT2D eigenvalue weighted by Crippen LogP contribution is 2.33. The topological polar surface area (TPSA) is 83.5 Å². The van der Waals surface area contributed by atoms with Gasteiger partial charge >= 0.3 is 0 Å². The first-order valence-corrected chi connectivity index (χ1v) is 6.30. The average Bonchev–Trinajstić information content (AvgIpc) is 2.25. The summed E-state index contributed by atoms with van der Waals surface area (Å²) in [5.41, 5.74) is 0.555. The molecule has 0 bridgehead atoms. The molecule has 0 aliphatic carbocycles. The molecule has 86 valence electrons. The second-order valence-electron chi connectivity index (χ2n) is 3.63. The molecule has 6 heteroatoms. The smallest absolute Gasteiger partial charge is 0.242 e. The summed E-state index contributed by atoms with van der Waals surface area (Å²) in [6.07, 6.45) is 0. The van der Waals surface area contributed by atoms with E-state index in [-0.39, 0.29) is 17.2 Å². The molecule has 0 fully saturated rings. The molecule has 1 aliphatic rings. The van der Waals surface area contributed by atoms with Crippen LogP contribution in [0.1, 0.15) is 12.5 Å². The normalized spacial score (nSPS) is 22.4. The number of anilines is 1. The van der Waals surface area contributed by atoms with E-state index in [1.807, 2.05) is 0 Å². The number of hydrogen-bond acceptors (Lipinski definition) is 4. The number of rotatable bonds is 1. The molecule has 1 heterocycles. The van der Waals surface area contributed by atoms with Crippen molar-refractivity contribution in [2.45, 2.75) is 23.7 Å². The van der Waals surface area contributed by atoms with Gasteiger partial charge in [0, 0.05) is 0 Å². The summed E-state index contributed by atoms with van der Waals surface area (Å²) in [7, 11) is -3.68. The Hall–Kier alpha value is -1.40. The largest absolute Gasteiger partial charge is 0.392 e. The lowest BCUT2D eigenvalue weighted by Gasteiger charge is -2.23. The van der Waals surface area contributed by atoms with Crippen molar-refractivity contribution in [3.05, 3.63) is 23.8 Å². The Morgan fingerprint density at radius 1 is 1.44 bits per heavy atom. The number of fused-ring (bicyclic) bond motifs is 1. The molecule has 1 atom stereocenters. The zero-order valence-electron chi connectivity index (χ0n) is 8.60. The van der Waals surface area contributed by atoms with Gasteiger partial charge in [0.25, 0.3) is 0 Å². The Morgan fingerprint density at radius 3 is 2.75 bits per heavy atom. The monoisotopic (exact) mass is 241 g/mol. The number of nitrogens with one attached hydrogen (secondary N) is 1. The van der Waals surface area contributed by atoms with Crippen LogP contribution in [0.5, 0.6) is 0 Å². The maximum atomic E-state index is 12.0. The number of carbonyl (C=O) groups is 1. The molecule has 1 aromatic rings. The highest BCUT2D eigenvalue weighted by atomic mass is 32.2. The van der Waals surface area contributed by atoms with Gasteiger partial charge in [-0.1, -0.05) is 12.1 Å². The lowest BCUT2D eigenvalue weighted by Crippen LogP contribution is -2.38. The van der Waals surface area contributed by atoms with Crippen molar-refractivity contribution in [3.8, 4) is 0 Å². The molecule has 1 aliphatic heterocycles. The minimum atomic E-state index is -3.68. The second-order valence-corrected chi connectivity index (χ2v) is 5.83. The summed E-state index contributed by atoms with van der Waals surface area (Å²) >= 11 is 0. The highest BCUT2D eigenvalue weighted by molar-refractivity contribution is 7.93. The first-order chi connectivity index (χ1) is 7.48. The van der Waals surface area contributed by atoms with E-state index in [9.17, 15) is 13.2 Å². The molecule has 0 radical (unpaired) electrons. The van der Waals surface area contributed by atoms with Crippen molar-refractivity contribution in [2.75, 3.05) is 5.32 Å². The van der Waals surface area contributed by atoms with E-state index in [1.165, 1.54) is 19.1 Å². The number of aliphatic hydroxyl groups excluding tert-OH is 1. The van der Waals surface area contributed by atoms with E-state index < -0.39 is 21.0 Å². The Kier molecular flexibility index (Phi) is 2.47. The van der Waals surface area contributed by atoms with Gasteiger partial charge in [-0.25, -0.2) is 8.42 Å². The van der Waals surface area contributed by atoms with Gasteiger partial charge < -0.3 is 10.4 Å². The third-order valence-electron chi connectivity index (χ3n) is 2.64. The third-order valence-corrected chi connectivity index (χ3v) is 4.84. The number of carbonyl (C=O) groups excluding carboxylic acids is 1. The van der Waals surface area contributed by atoms with Crippen molar-refractivity contribution in [1.82, 2.24) is 0 Å². The Labute approximate surface area is 93.0 Å². The van der Waals surface area contributed by atoms with Gasteiger partial charge in [0.1, 0.15) is 5.25 Å². The van der Waals surface area contributed by atoms with Crippen molar-refractivity contribution in [2.24, 2.45) is 0 Å². The maximum absolute atomic E-state index is 12.0. The van der Waals surface area contributed by atoms with Crippen LogP contribution in [0.3, 0.4) is 0 Å². The van der Waals surface area contributed by atoms with Crippen molar-refractivity contribution < 1.29 is 18.3 Å².